The first kappa shape index (κ1) is 29.0. The molecule has 1 fully saturated rings. The lowest BCUT2D eigenvalue weighted by atomic mass is 9.80. The number of aliphatic carboxylic acids is 1. The molecule has 0 aliphatic heterocycles. The minimum atomic E-state index is -1.03. The van der Waals surface area contributed by atoms with Crippen molar-refractivity contribution in [2.24, 2.45) is 5.92 Å². The molecule has 220 valence electrons. The van der Waals surface area contributed by atoms with Gasteiger partial charge >= 0.3 is 5.97 Å². The molecule has 1 saturated carbocycles. The smallest absolute Gasteiger partial charge is 0.306 e. The number of rotatable bonds is 10. The fraction of sp³-hybridized carbons (Fsp3) is 0.333. The molecule has 42 heavy (non-hydrogen) atoms. The number of anilines is 1. The summed E-state index contributed by atoms with van der Waals surface area (Å²) in [5, 5.41) is 29.2. The Bertz CT molecular complexity index is 1720. The van der Waals surface area contributed by atoms with E-state index in [0.717, 1.165) is 4.57 Å². The third-order valence-corrected chi connectivity index (χ3v) is 7.50. The zero-order valence-corrected chi connectivity index (χ0v) is 23.2. The number of aliphatic hydroxyl groups is 1. The zero-order chi connectivity index (χ0) is 30.1. The van der Waals surface area contributed by atoms with Gasteiger partial charge < -0.3 is 25.6 Å². The normalized spacial score (nSPS) is 17.7. The minimum absolute atomic E-state index is 0.0805. The van der Waals surface area contributed by atoms with Gasteiger partial charge in [0.05, 0.1) is 42.6 Å². The first-order valence-electron chi connectivity index (χ1n) is 13.0. The summed E-state index contributed by atoms with van der Waals surface area (Å²) in [4.78, 5) is 46.2. The highest BCUT2D eigenvalue weighted by Gasteiger charge is 2.35. The number of nitrogens with zero attached hydrogens (tertiary/aromatic N) is 5. The highest BCUT2D eigenvalue weighted by Crippen LogP contribution is 2.32. The molecule has 1 amide bonds. The first-order valence-corrected chi connectivity index (χ1v) is 13.3. The molecule has 13 nitrogen and oxygen atoms in total. The second kappa shape index (κ2) is 11.7. The van der Waals surface area contributed by atoms with Crippen LogP contribution in [0.15, 0.2) is 47.8 Å². The Morgan fingerprint density at radius 3 is 2.71 bits per heavy atom. The van der Waals surface area contributed by atoms with Crippen LogP contribution < -0.4 is 20.9 Å². The Kier molecular flexibility index (Phi) is 8.09. The van der Waals surface area contributed by atoms with E-state index in [0.29, 0.717) is 29.7 Å². The SMILES string of the molecule is COc1cc(F)cc(C(CO)NC(=O)C(C)n2cnn3cc(-c4nc(NC5CC(C(=O)O)C5)ncc4Cl)cc3c2=O)c1. The van der Waals surface area contributed by atoms with Gasteiger partial charge in [0.15, 0.2) is 0 Å². The topological polar surface area (TPSA) is 173 Å². The number of carbonyl (C=O) groups excluding carboxylic acids is 1. The largest absolute Gasteiger partial charge is 0.497 e. The standard InChI is InChI=1S/C27H27ClFN7O6/c1-13(24(38)33-21(11-37)14-3-17(29)8-19(6-14)42-2)35-12-31-36-10-16(7-22(36)25(35)39)23-20(28)9-30-27(34-23)32-18-4-15(5-18)26(40)41/h3,6-10,12-13,15,18,21,37H,4-5,11H2,1-2H3,(H,33,38)(H,40,41)(H,30,32,34). The van der Waals surface area contributed by atoms with Crippen LogP contribution >= 0.6 is 11.6 Å². The van der Waals surface area contributed by atoms with Crippen LogP contribution in [0.4, 0.5) is 10.3 Å². The van der Waals surface area contributed by atoms with Crippen molar-refractivity contribution < 1.29 is 28.9 Å². The van der Waals surface area contributed by atoms with Crippen LogP contribution in [-0.2, 0) is 9.59 Å². The van der Waals surface area contributed by atoms with Gasteiger partial charge in [0.1, 0.15) is 29.5 Å². The fourth-order valence-corrected chi connectivity index (χ4v) is 4.92. The molecule has 0 spiro atoms. The first-order chi connectivity index (χ1) is 20.1. The summed E-state index contributed by atoms with van der Waals surface area (Å²) in [6.07, 6.45) is 5.10. The number of carboxylic acid groups (broad SMARTS) is 1. The number of nitrogens with one attached hydrogen (secondary N) is 2. The lowest BCUT2D eigenvalue weighted by Gasteiger charge is -2.32. The number of hydrogen-bond acceptors (Lipinski definition) is 9. The van der Waals surface area contributed by atoms with Crippen molar-refractivity contribution in [3.8, 4) is 17.0 Å². The molecule has 2 unspecified atom stereocenters. The summed E-state index contributed by atoms with van der Waals surface area (Å²) in [6, 6.07) is 3.31. The number of methoxy groups -OCH3 is 1. The van der Waals surface area contributed by atoms with E-state index in [1.807, 2.05) is 0 Å². The molecule has 4 N–H and O–H groups in total. The molecule has 2 atom stereocenters. The number of amides is 1. The lowest BCUT2D eigenvalue weighted by Crippen LogP contribution is -2.39. The van der Waals surface area contributed by atoms with Gasteiger partial charge in [0.25, 0.3) is 5.56 Å². The molecule has 3 heterocycles. The molecule has 4 aromatic rings. The Labute approximate surface area is 242 Å². The Morgan fingerprint density at radius 2 is 2.02 bits per heavy atom. The van der Waals surface area contributed by atoms with Crippen molar-refractivity contribution in [1.29, 1.82) is 0 Å². The molecule has 1 aliphatic rings. The van der Waals surface area contributed by atoms with Crippen LogP contribution in [-0.4, -0.2) is 66.0 Å². The van der Waals surface area contributed by atoms with Crippen LogP contribution in [0.3, 0.4) is 0 Å². The van der Waals surface area contributed by atoms with Gasteiger partial charge in [-0.15, -0.1) is 0 Å². The summed E-state index contributed by atoms with van der Waals surface area (Å²) in [6.45, 7) is 0.977. The van der Waals surface area contributed by atoms with E-state index >= 15 is 0 Å². The van der Waals surface area contributed by atoms with Crippen molar-refractivity contribution >= 4 is 34.9 Å². The summed E-state index contributed by atoms with van der Waals surface area (Å²) >= 11 is 6.36. The summed E-state index contributed by atoms with van der Waals surface area (Å²) in [7, 11) is 1.37. The second-order valence-electron chi connectivity index (χ2n) is 9.98. The number of aromatic nitrogens is 5. The van der Waals surface area contributed by atoms with Crippen molar-refractivity contribution in [2.45, 2.75) is 37.9 Å². The minimum Gasteiger partial charge on any atom is -0.497 e. The third kappa shape index (κ3) is 5.76. The Hall–Kier alpha value is -4.56. The van der Waals surface area contributed by atoms with Crippen molar-refractivity contribution in [2.75, 3.05) is 19.0 Å². The van der Waals surface area contributed by atoms with Crippen molar-refractivity contribution in [1.82, 2.24) is 29.5 Å². The third-order valence-electron chi connectivity index (χ3n) is 7.22. The predicted molar refractivity (Wildman–Crippen MR) is 149 cm³/mol. The number of carbonyl (C=O) groups is 2. The molecule has 3 aromatic heterocycles. The van der Waals surface area contributed by atoms with E-state index in [4.69, 9.17) is 21.4 Å². The van der Waals surface area contributed by atoms with Crippen LogP contribution in [0, 0.1) is 11.7 Å². The van der Waals surface area contributed by atoms with Gasteiger partial charge in [-0.25, -0.2) is 18.9 Å². The summed E-state index contributed by atoms with van der Waals surface area (Å²) in [5.41, 5.74) is 0.726. The van der Waals surface area contributed by atoms with E-state index in [9.17, 15) is 23.9 Å². The number of fused-ring (bicyclic) bond motifs is 1. The highest BCUT2D eigenvalue weighted by atomic mass is 35.5. The fourth-order valence-electron chi connectivity index (χ4n) is 4.72. The van der Waals surface area contributed by atoms with Gasteiger partial charge in [0, 0.05) is 23.9 Å². The molecule has 1 aromatic carbocycles. The van der Waals surface area contributed by atoms with Gasteiger partial charge in [-0.3, -0.25) is 19.0 Å². The monoisotopic (exact) mass is 599 g/mol. The van der Waals surface area contributed by atoms with E-state index in [1.165, 1.54) is 55.3 Å². The quantitative estimate of drug-likeness (QED) is 0.212. The number of hydrogen-bond donors (Lipinski definition) is 4. The second-order valence-corrected chi connectivity index (χ2v) is 10.4. The molecular weight excluding hydrogens is 573 g/mol. The van der Waals surface area contributed by atoms with E-state index in [-0.39, 0.29) is 28.3 Å². The van der Waals surface area contributed by atoms with Gasteiger partial charge in [-0.05, 0) is 43.5 Å². The van der Waals surface area contributed by atoms with Gasteiger partial charge in [-0.2, -0.15) is 5.10 Å². The van der Waals surface area contributed by atoms with Gasteiger partial charge in [0.2, 0.25) is 11.9 Å². The predicted octanol–water partition coefficient (Wildman–Crippen LogP) is 2.44. The molecule has 5 rings (SSSR count). The highest BCUT2D eigenvalue weighted by molar-refractivity contribution is 6.32. The summed E-state index contributed by atoms with van der Waals surface area (Å²) in [5.74, 6) is -1.94. The molecule has 0 bridgehead atoms. The number of aliphatic hydroxyl groups excluding tert-OH is 1. The van der Waals surface area contributed by atoms with Crippen molar-refractivity contribution in [3.05, 3.63) is 69.7 Å². The average molecular weight is 600 g/mol. The van der Waals surface area contributed by atoms with E-state index < -0.39 is 47.9 Å². The molecule has 0 radical (unpaired) electrons. The number of ether oxygens (including phenoxy) is 1. The Morgan fingerprint density at radius 1 is 1.26 bits per heavy atom. The van der Waals surface area contributed by atoms with Crippen LogP contribution in [0.25, 0.3) is 16.8 Å². The number of halogens is 2. The van der Waals surface area contributed by atoms with Crippen molar-refractivity contribution in [3.63, 3.8) is 0 Å². The molecule has 0 saturated heterocycles. The Balaban J connectivity index is 1.36. The summed E-state index contributed by atoms with van der Waals surface area (Å²) < 4.78 is 21.5. The van der Waals surface area contributed by atoms with E-state index in [1.54, 1.807) is 6.20 Å². The number of benzene rings is 1. The lowest BCUT2D eigenvalue weighted by molar-refractivity contribution is -0.144. The van der Waals surface area contributed by atoms with E-state index in [2.05, 4.69) is 25.7 Å². The maximum atomic E-state index is 14.0. The zero-order valence-electron chi connectivity index (χ0n) is 22.5. The van der Waals surface area contributed by atoms with Crippen LogP contribution in [0.1, 0.15) is 37.4 Å². The maximum Gasteiger partial charge on any atom is 0.306 e. The molecule has 1 aliphatic carbocycles. The van der Waals surface area contributed by atoms with Crippen LogP contribution in [0.2, 0.25) is 5.02 Å². The van der Waals surface area contributed by atoms with Crippen LogP contribution in [0.5, 0.6) is 5.75 Å². The number of carboxylic acids is 1. The maximum absolute atomic E-state index is 14.0. The average Bonchev–Trinajstić information content (AvgIpc) is 3.38. The van der Waals surface area contributed by atoms with Gasteiger partial charge in [-0.1, -0.05) is 11.6 Å². The molecule has 15 heteroatoms. The molecular formula is C27H27ClFN7O6.